The zero-order chi connectivity index (χ0) is 12.3. The zero-order valence-corrected chi connectivity index (χ0v) is 9.56. The van der Waals surface area contributed by atoms with E-state index in [1.54, 1.807) is 6.07 Å². The number of benzene rings is 1. The van der Waals surface area contributed by atoms with Gasteiger partial charge in [-0.05, 0) is 31.0 Å². The topological polar surface area (TPSA) is 3.24 Å². The average Bonchev–Trinajstić information content (AvgIpc) is 2.56. The van der Waals surface area contributed by atoms with Gasteiger partial charge in [0.25, 0.3) is 0 Å². The van der Waals surface area contributed by atoms with Crippen LogP contribution >= 0.6 is 0 Å². The minimum Gasteiger partial charge on any atom is -0.371 e. The predicted octanol–water partition coefficient (Wildman–Crippen LogP) is 3.89. The van der Waals surface area contributed by atoms with Gasteiger partial charge in [-0.1, -0.05) is 18.9 Å². The highest BCUT2D eigenvalue weighted by Gasteiger charge is 2.34. The molecule has 1 saturated heterocycles. The summed E-state index contributed by atoms with van der Waals surface area (Å²) in [6.07, 6.45) is -0.140. The molecule has 0 unspecified atom stereocenters. The lowest BCUT2D eigenvalue weighted by molar-refractivity contribution is -0.137. The molecule has 0 bridgehead atoms. The first kappa shape index (κ1) is 12.3. The Kier molecular flexibility index (Phi) is 3.60. The van der Waals surface area contributed by atoms with Crippen molar-refractivity contribution in [1.82, 2.24) is 0 Å². The van der Waals surface area contributed by atoms with E-state index in [0.717, 1.165) is 31.7 Å². The summed E-state index contributed by atoms with van der Waals surface area (Å²) in [6, 6.07) is 6.63. The number of rotatable bonds is 1. The van der Waals surface area contributed by atoms with Crippen LogP contribution in [0.1, 0.15) is 31.2 Å². The molecule has 0 spiro atoms. The molecule has 1 nitrogen and oxygen atoms in total. The third kappa shape index (κ3) is 2.93. The van der Waals surface area contributed by atoms with Crippen LogP contribution in [0.5, 0.6) is 0 Å². The first-order valence-corrected chi connectivity index (χ1v) is 5.91. The van der Waals surface area contributed by atoms with Gasteiger partial charge in [0.1, 0.15) is 0 Å². The molecular weight excluding hydrogens is 227 g/mol. The lowest BCUT2D eigenvalue weighted by Crippen LogP contribution is -2.26. The number of anilines is 1. The minimum absolute atomic E-state index is 0.304. The number of halogens is 3. The molecule has 1 aromatic carbocycles. The fraction of sp³-hybridized carbons (Fsp3) is 0.538. The lowest BCUT2D eigenvalue weighted by atomic mass is 10.1. The molecule has 0 N–H and O–H groups in total. The third-order valence-electron chi connectivity index (χ3n) is 3.09. The van der Waals surface area contributed by atoms with Crippen molar-refractivity contribution in [2.75, 3.05) is 18.0 Å². The maximum absolute atomic E-state index is 12.9. The van der Waals surface area contributed by atoms with Crippen LogP contribution in [0.15, 0.2) is 18.2 Å². The van der Waals surface area contributed by atoms with Crippen molar-refractivity contribution in [2.45, 2.75) is 31.9 Å². The van der Waals surface area contributed by atoms with Crippen LogP contribution in [0.25, 0.3) is 0 Å². The summed E-state index contributed by atoms with van der Waals surface area (Å²) in [5.41, 5.74) is -0.264. The van der Waals surface area contributed by atoms with Crippen LogP contribution < -0.4 is 4.90 Å². The van der Waals surface area contributed by atoms with Gasteiger partial charge >= 0.3 is 6.18 Å². The van der Waals surface area contributed by atoms with E-state index in [1.165, 1.54) is 6.07 Å². The Morgan fingerprint density at radius 3 is 2.29 bits per heavy atom. The molecule has 1 heterocycles. The number of nitrogens with zero attached hydrogens (tertiary/aromatic N) is 1. The molecule has 2 rings (SSSR count). The van der Waals surface area contributed by atoms with Crippen molar-refractivity contribution < 1.29 is 13.2 Å². The van der Waals surface area contributed by atoms with E-state index < -0.39 is 11.7 Å². The van der Waals surface area contributed by atoms with E-state index in [1.807, 2.05) is 4.90 Å². The van der Waals surface area contributed by atoms with E-state index in [4.69, 9.17) is 0 Å². The molecule has 0 aromatic heterocycles. The van der Waals surface area contributed by atoms with Crippen LogP contribution in [0.2, 0.25) is 0 Å². The van der Waals surface area contributed by atoms with Crippen LogP contribution in [-0.4, -0.2) is 13.1 Å². The first-order chi connectivity index (χ1) is 8.09. The molecule has 0 amide bonds. The van der Waals surface area contributed by atoms with E-state index in [-0.39, 0.29) is 0 Å². The van der Waals surface area contributed by atoms with Gasteiger partial charge in [0, 0.05) is 18.8 Å². The van der Waals surface area contributed by atoms with Gasteiger partial charge in [-0.15, -0.1) is 0 Å². The highest BCUT2D eigenvalue weighted by molar-refractivity contribution is 5.54. The Bertz CT molecular complexity index is 365. The van der Waals surface area contributed by atoms with E-state index in [0.29, 0.717) is 18.8 Å². The van der Waals surface area contributed by atoms with Crippen molar-refractivity contribution >= 4 is 5.69 Å². The highest BCUT2D eigenvalue weighted by Crippen LogP contribution is 2.36. The average molecular weight is 242 g/mol. The molecule has 93 valence electrons. The fourth-order valence-corrected chi connectivity index (χ4v) is 2.24. The molecule has 17 heavy (non-hydrogen) atoms. The fourth-order valence-electron chi connectivity index (χ4n) is 2.24. The molecule has 0 atom stereocenters. The first-order valence-electron chi connectivity index (χ1n) is 5.91. The van der Waals surface area contributed by atoms with Gasteiger partial charge < -0.3 is 4.90 Å². The smallest absolute Gasteiger partial charge is 0.371 e. The number of alkyl halides is 3. The Labute approximate surface area is 99.2 Å². The monoisotopic (exact) mass is 242 g/mol. The Morgan fingerprint density at radius 1 is 1.06 bits per heavy atom. The van der Waals surface area contributed by atoms with Gasteiger partial charge in [-0.25, -0.2) is 0 Å². The van der Waals surface area contributed by atoms with Crippen LogP contribution in [0.4, 0.5) is 18.9 Å². The predicted molar refractivity (Wildman–Crippen MR) is 61.0 cm³/mol. The SMILES string of the molecule is FC(F)(F)c1c[c]ccc1N1CCCCCC1. The van der Waals surface area contributed by atoms with Crippen LogP contribution in [-0.2, 0) is 6.18 Å². The van der Waals surface area contributed by atoms with Crippen molar-refractivity contribution in [1.29, 1.82) is 0 Å². The summed E-state index contributed by atoms with van der Waals surface area (Å²) in [4.78, 5) is 1.85. The Morgan fingerprint density at radius 2 is 1.71 bits per heavy atom. The maximum Gasteiger partial charge on any atom is 0.418 e. The summed E-state index contributed by atoms with van der Waals surface area (Å²) in [6.45, 7) is 1.43. The molecule has 1 radical (unpaired) electrons. The van der Waals surface area contributed by atoms with Crippen molar-refractivity contribution in [3.8, 4) is 0 Å². The molecule has 0 saturated carbocycles. The quantitative estimate of drug-likeness (QED) is 0.722. The molecular formula is C13H15F3N. The summed E-state index contributed by atoms with van der Waals surface area (Å²) < 4.78 is 38.6. The molecule has 1 aliphatic heterocycles. The van der Waals surface area contributed by atoms with Crippen LogP contribution in [0.3, 0.4) is 0 Å². The van der Waals surface area contributed by atoms with Crippen molar-refractivity contribution in [2.24, 2.45) is 0 Å². The third-order valence-corrected chi connectivity index (χ3v) is 3.09. The second kappa shape index (κ2) is 4.98. The molecule has 1 fully saturated rings. The standard InChI is InChI=1S/C13H15F3N/c14-13(15,16)11-7-3-4-8-12(11)17-9-5-1-2-6-10-17/h4,7-8H,1-2,5-6,9-10H2. The number of hydrogen-bond donors (Lipinski definition) is 0. The van der Waals surface area contributed by atoms with Crippen molar-refractivity contribution in [3.05, 3.63) is 29.8 Å². The maximum atomic E-state index is 12.9. The largest absolute Gasteiger partial charge is 0.418 e. The van der Waals surface area contributed by atoms with E-state index in [2.05, 4.69) is 6.07 Å². The second-order valence-corrected chi connectivity index (χ2v) is 4.34. The molecule has 0 aliphatic carbocycles. The van der Waals surface area contributed by atoms with E-state index >= 15 is 0 Å². The molecule has 1 aliphatic rings. The normalized spacial score (nSPS) is 17.9. The van der Waals surface area contributed by atoms with Gasteiger partial charge in [0.15, 0.2) is 0 Å². The summed E-state index contributed by atoms with van der Waals surface area (Å²) in [7, 11) is 0. The minimum atomic E-state index is -4.29. The second-order valence-electron chi connectivity index (χ2n) is 4.34. The van der Waals surface area contributed by atoms with Gasteiger partial charge in [0.2, 0.25) is 0 Å². The number of hydrogen-bond acceptors (Lipinski definition) is 1. The summed E-state index contributed by atoms with van der Waals surface area (Å²) in [5, 5.41) is 0. The lowest BCUT2D eigenvalue weighted by Gasteiger charge is -2.26. The van der Waals surface area contributed by atoms with Gasteiger partial charge in [-0.2, -0.15) is 13.2 Å². The Hall–Kier alpha value is -1.19. The molecule has 4 heteroatoms. The summed E-state index contributed by atoms with van der Waals surface area (Å²) in [5.74, 6) is 0. The summed E-state index contributed by atoms with van der Waals surface area (Å²) >= 11 is 0. The van der Waals surface area contributed by atoms with Crippen molar-refractivity contribution in [3.63, 3.8) is 0 Å². The van der Waals surface area contributed by atoms with Gasteiger partial charge in [0.05, 0.1) is 5.56 Å². The van der Waals surface area contributed by atoms with Gasteiger partial charge in [-0.3, -0.25) is 0 Å². The highest BCUT2D eigenvalue weighted by atomic mass is 19.4. The zero-order valence-electron chi connectivity index (χ0n) is 9.56. The molecule has 1 aromatic rings. The van der Waals surface area contributed by atoms with E-state index in [9.17, 15) is 13.2 Å². The van der Waals surface area contributed by atoms with Crippen LogP contribution in [0, 0.1) is 6.07 Å². The Balaban J connectivity index is 2.30.